The smallest absolute Gasteiger partial charge is 0.335 e. The minimum absolute atomic E-state index is 0.125. The molecule has 0 aromatic heterocycles. The van der Waals surface area contributed by atoms with Crippen molar-refractivity contribution in [1.82, 2.24) is 5.32 Å². The molecular formula is C16H21NO4. The van der Waals surface area contributed by atoms with E-state index in [1.807, 2.05) is 0 Å². The fourth-order valence-electron chi connectivity index (χ4n) is 2.67. The molecule has 21 heavy (non-hydrogen) atoms. The highest BCUT2D eigenvalue weighted by atomic mass is 16.5. The molecule has 1 aromatic carbocycles. The highest BCUT2D eigenvalue weighted by Crippen LogP contribution is 2.43. The molecule has 0 bridgehead atoms. The quantitative estimate of drug-likeness (QED) is 0.808. The minimum atomic E-state index is -1.03. The number of carbonyl (C=O) groups excluding carboxylic acids is 1. The Morgan fingerprint density at radius 3 is 2.62 bits per heavy atom. The lowest BCUT2D eigenvalue weighted by atomic mass is 9.66. The normalized spacial score (nSPS) is 16.0. The van der Waals surface area contributed by atoms with E-state index in [1.54, 1.807) is 19.2 Å². The number of rotatable bonds is 7. The second kappa shape index (κ2) is 6.72. The maximum atomic E-state index is 12.1. The van der Waals surface area contributed by atoms with Crippen molar-refractivity contribution in [1.29, 1.82) is 0 Å². The van der Waals surface area contributed by atoms with Gasteiger partial charge < -0.3 is 15.2 Å². The van der Waals surface area contributed by atoms with Gasteiger partial charge in [-0.3, -0.25) is 4.79 Å². The minimum Gasteiger partial charge on any atom is -0.478 e. The van der Waals surface area contributed by atoms with Crippen LogP contribution in [-0.2, 0) is 4.74 Å². The zero-order chi connectivity index (χ0) is 15.3. The molecule has 5 heteroatoms. The lowest BCUT2D eigenvalue weighted by Gasteiger charge is -2.42. The van der Waals surface area contributed by atoms with E-state index in [0.29, 0.717) is 18.7 Å². The van der Waals surface area contributed by atoms with Crippen LogP contribution in [0.1, 0.15) is 46.4 Å². The lowest BCUT2D eigenvalue weighted by molar-refractivity contribution is 0.0631. The van der Waals surface area contributed by atoms with Crippen molar-refractivity contribution < 1.29 is 19.4 Å². The number of hydrogen-bond donors (Lipinski definition) is 2. The lowest BCUT2D eigenvalue weighted by Crippen LogP contribution is -2.42. The van der Waals surface area contributed by atoms with Crippen molar-refractivity contribution in [3.63, 3.8) is 0 Å². The van der Waals surface area contributed by atoms with Crippen LogP contribution in [0.3, 0.4) is 0 Å². The summed E-state index contributed by atoms with van der Waals surface area (Å²) in [4.78, 5) is 23.1. The van der Waals surface area contributed by atoms with Gasteiger partial charge in [-0.1, -0.05) is 12.5 Å². The van der Waals surface area contributed by atoms with Crippen molar-refractivity contribution in [2.24, 2.45) is 5.41 Å². The molecule has 1 amide bonds. The summed E-state index contributed by atoms with van der Waals surface area (Å²) in [6.45, 7) is 1.32. The summed E-state index contributed by atoms with van der Waals surface area (Å²) in [7, 11) is 1.68. The SMILES string of the molecule is COCCC1(CNC(=O)c2cccc(C(=O)O)c2)CCC1. The predicted octanol–water partition coefficient (Wildman–Crippen LogP) is 2.32. The summed E-state index contributed by atoms with van der Waals surface area (Å²) in [6, 6.07) is 6.10. The van der Waals surface area contributed by atoms with Gasteiger partial charge in [0.15, 0.2) is 0 Å². The van der Waals surface area contributed by atoms with Gasteiger partial charge in [0.2, 0.25) is 0 Å². The van der Waals surface area contributed by atoms with Crippen LogP contribution >= 0.6 is 0 Å². The Kier molecular flexibility index (Phi) is 4.96. The molecule has 2 rings (SSSR count). The number of carbonyl (C=O) groups is 2. The summed E-state index contributed by atoms with van der Waals surface area (Å²) >= 11 is 0. The molecule has 2 N–H and O–H groups in total. The molecule has 0 saturated heterocycles. The molecule has 0 heterocycles. The monoisotopic (exact) mass is 291 g/mol. The van der Waals surface area contributed by atoms with E-state index in [0.717, 1.165) is 19.3 Å². The summed E-state index contributed by atoms with van der Waals surface area (Å²) in [5, 5.41) is 11.9. The van der Waals surface area contributed by atoms with Crippen LogP contribution in [0.2, 0.25) is 0 Å². The van der Waals surface area contributed by atoms with E-state index in [-0.39, 0.29) is 16.9 Å². The van der Waals surface area contributed by atoms with Gasteiger partial charge in [-0.15, -0.1) is 0 Å². The Labute approximate surface area is 124 Å². The first kappa shape index (κ1) is 15.5. The number of nitrogens with one attached hydrogen (secondary N) is 1. The summed E-state index contributed by atoms with van der Waals surface area (Å²) in [5.74, 6) is -1.25. The van der Waals surface area contributed by atoms with Gasteiger partial charge in [0, 0.05) is 25.8 Å². The van der Waals surface area contributed by atoms with Crippen LogP contribution < -0.4 is 5.32 Å². The van der Waals surface area contributed by atoms with Crippen molar-refractivity contribution in [3.8, 4) is 0 Å². The molecule has 114 valence electrons. The van der Waals surface area contributed by atoms with E-state index in [4.69, 9.17) is 9.84 Å². The third-order valence-electron chi connectivity index (χ3n) is 4.25. The first-order chi connectivity index (χ1) is 10.1. The second-order valence-corrected chi connectivity index (χ2v) is 5.66. The van der Waals surface area contributed by atoms with Gasteiger partial charge in [0.1, 0.15) is 0 Å². The molecule has 1 fully saturated rings. The number of ether oxygens (including phenoxy) is 1. The third kappa shape index (κ3) is 3.82. The van der Waals surface area contributed by atoms with Crippen molar-refractivity contribution >= 4 is 11.9 Å². The topological polar surface area (TPSA) is 75.6 Å². The molecule has 0 spiro atoms. The van der Waals surface area contributed by atoms with Crippen LogP contribution in [-0.4, -0.2) is 37.2 Å². The Bertz CT molecular complexity index is 523. The van der Waals surface area contributed by atoms with Gasteiger partial charge in [0.05, 0.1) is 5.56 Å². The highest BCUT2D eigenvalue weighted by molar-refractivity contribution is 5.97. The largest absolute Gasteiger partial charge is 0.478 e. The Morgan fingerprint density at radius 1 is 1.33 bits per heavy atom. The average molecular weight is 291 g/mol. The fourth-order valence-corrected chi connectivity index (χ4v) is 2.67. The molecule has 5 nitrogen and oxygen atoms in total. The van der Waals surface area contributed by atoms with Crippen molar-refractivity contribution in [2.75, 3.05) is 20.3 Å². The molecular weight excluding hydrogens is 270 g/mol. The predicted molar refractivity (Wildman–Crippen MR) is 78.5 cm³/mol. The standard InChI is InChI=1S/C16H21NO4/c1-21-9-8-16(6-3-7-16)11-17-14(18)12-4-2-5-13(10-12)15(19)20/h2,4-5,10H,3,6-9,11H2,1H3,(H,17,18)(H,19,20). The molecule has 0 radical (unpaired) electrons. The van der Waals surface area contributed by atoms with Crippen LogP contribution in [0.15, 0.2) is 24.3 Å². The van der Waals surface area contributed by atoms with Gasteiger partial charge in [-0.2, -0.15) is 0 Å². The third-order valence-corrected chi connectivity index (χ3v) is 4.25. The molecule has 1 aliphatic rings. The summed E-state index contributed by atoms with van der Waals surface area (Å²) in [6.07, 6.45) is 4.34. The highest BCUT2D eigenvalue weighted by Gasteiger charge is 2.36. The maximum Gasteiger partial charge on any atom is 0.335 e. The number of aromatic carboxylic acids is 1. The molecule has 0 atom stereocenters. The van der Waals surface area contributed by atoms with Crippen LogP contribution in [0.5, 0.6) is 0 Å². The number of methoxy groups -OCH3 is 1. The van der Waals surface area contributed by atoms with Gasteiger partial charge >= 0.3 is 5.97 Å². The van der Waals surface area contributed by atoms with Crippen molar-refractivity contribution in [2.45, 2.75) is 25.7 Å². The van der Waals surface area contributed by atoms with E-state index in [9.17, 15) is 9.59 Å². The number of amides is 1. The first-order valence-corrected chi connectivity index (χ1v) is 7.17. The van der Waals surface area contributed by atoms with E-state index in [2.05, 4.69) is 5.32 Å². The number of carboxylic acids is 1. The van der Waals surface area contributed by atoms with E-state index >= 15 is 0 Å². The second-order valence-electron chi connectivity index (χ2n) is 5.66. The summed E-state index contributed by atoms with van der Waals surface area (Å²) < 4.78 is 5.13. The number of benzene rings is 1. The number of carboxylic acid groups (broad SMARTS) is 1. The van der Waals surface area contributed by atoms with E-state index in [1.165, 1.54) is 18.6 Å². The van der Waals surface area contributed by atoms with Gasteiger partial charge in [0.25, 0.3) is 5.91 Å². The van der Waals surface area contributed by atoms with Crippen LogP contribution in [0, 0.1) is 5.41 Å². The number of hydrogen-bond acceptors (Lipinski definition) is 3. The molecule has 1 aromatic rings. The molecule has 0 unspecified atom stereocenters. The average Bonchev–Trinajstić information content (AvgIpc) is 2.45. The zero-order valence-corrected chi connectivity index (χ0v) is 12.2. The van der Waals surface area contributed by atoms with Crippen molar-refractivity contribution in [3.05, 3.63) is 35.4 Å². The Hall–Kier alpha value is -1.88. The first-order valence-electron chi connectivity index (χ1n) is 7.17. The van der Waals surface area contributed by atoms with E-state index < -0.39 is 5.97 Å². The maximum absolute atomic E-state index is 12.1. The Morgan fingerprint density at radius 2 is 2.05 bits per heavy atom. The van der Waals surface area contributed by atoms with Gasteiger partial charge in [-0.25, -0.2) is 4.79 Å². The van der Waals surface area contributed by atoms with Gasteiger partial charge in [-0.05, 0) is 42.9 Å². The van der Waals surface area contributed by atoms with Crippen LogP contribution in [0.25, 0.3) is 0 Å². The zero-order valence-electron chi connectivity index (χ0n) is 12.2. The summed E-state index contributed by atoms with van der Waals surface area (Å²) in [5.41, 5.74) is 0.660. The Balaban J connectivity index is 1.95. The fraction of sp³-hybridized carbons (Fsp3) is 0.500. The molecule has 1 saturated carbocycles. The molecule has 0 aliphatic heterocycles. The molecule has 1 aliphatic carbocycles. The van der Waals surface area contributed by atoms with Crippen LogP contribution in [0.4, 0.5) is 0 Å².